The van der Waals surface area contributed by atoms with E-state index in [1.54, 1.807) is 17.2 Å². The SMILES string of the molecule is NC1CCC(n2cc(C(=O)NC(CCn3cncn3)c3ccccc3)nn2)CC1. The van der Waals surface area contributed by atoms with E-state index in [1.807, 2.05) is 35.0 Å². The third-order valence-electron chi connectivity index (χ3n) is 5.48. The van der Waals surface area contributed by atoms with Crippen LogP contribution >= 0.6 is 0 Å². The molecule has 1 fully saturated rings. The Hall–Kier alpha value is -3.07. The summed E-state index contributed by atoms with van der Waals surface area (Å²) in [6.45, 7) is 0.648. The van der Waals surface area contributed by atoms with E-state index in [0.717, 1.165) is 31.2 Å². The Morgan fingerprint density at radius 2 is 2.00 bits per heavy atom. The van der Waals surface area contributed by atoms with Crippen LogP contribution in [0.1, 0.15) is 60.2 Å². The van der Waals surface area contributed by atoms with E-state index in [9.17, 15) is 4.79 Å². The van der Waals surface area contributed by atoms with E-state index in [0.29, 0.717) is 18.7 Å². The van der Waals surface area contributed by atoms with Crippen molar-refractivity contribution in [3.05, 3.63) is 60.4 Å². The van der Waals surface area contributed by atoms with E-state index in [1.165, 1.54) is 6.33 Å². The highest BCUT2D eigenvalue weighted by atomic mass is 16.2. The molecule has 1 amide bonds. The van der Waals surface area contributed by atoms with Crippen molar-refractivity contribution in [2.24, 2.45) is 5.73 Å². The predicted molar refractivity (Wildman–Crippen MR) is 107 cm³/mol. The van der Waals surface area contributed by atoms with Crippen molar-refractivity contribution in [3.8, 4) is 0 Å². The summed E-state index contributed by atoms with van der Waals surface area (Å²) in [7, 11) is 0. The Morgan fingerprint density at radius 1 is 1.21 bits per heavy atom. The molecule has 2 heterocycles. The lowest BCUT2D eigenvalue weighted by molar-refractivity contribution is 0.0928. The summed E-state index contributed by atoms with van der Waals surface area (Å²) in [4.78, 5) is 16.8. The van der Waals surface area contributed by atoms with E-state index in [2.05, 4.69) is 25.7 Å². The molecule has 29 heavy (non-hydrogen) atoms. The molecule has 0 bridgehead atoms. The molecule has 0 spiro atoms. The summed E-state index contributed by atoms with van der Waals surface area (Å²) in [5, 5.41) is 15.5. The van der Waals surface area contributed by atoms with E-state index in [4.69, 9.17) is 5.73 Å². The van der Waals surface area contributed by atoms with Gasteiger partial charge in [0, 0.05) is 12.6 Å². The molecule has 152 valence electrons. The third kappa shape index (κ3) is 4.86. The van der Waals surface area contributed by atoms with Crippen LogP contribution in [-0.4, -0.2) is 41.7 Å². The number of hydrogen-bond acceptors (Lipinski definition) is 6. The highest BCUT2D eigenvalue weighted by Crippen LogP contribution is 2.27. The third-order valence-corrected chi connectivity index (χ3v) is 5.48. The molecular weight excluding hydrogens is 368 g/mol. The van der Waals surface area contributed by atoms with Gasteiger partial charge in [-0.25, -0.2) is 9.67 Å². The topological polar surface area (TPSA) is 117 Å². The fourth-order valence-corrected chi connectivity index (χ4v) is 3.77. The number of amides is 1. The lowest BCUT2D eigenvalue weighted by Crippen LogP contribution is -2.30. The minimum Gasteiger partial charge on any atom is -0.344 e. The summed E-state index contributed by atoms with van der Waals surface area (Å²) in [6.07, 6.45) is 9.50. The Kier molecular flexibility index (Phi) is 5.95. The second kappa shape index (κ2) is 8.95. The lowest BCUT2D eigenvalue weighted by atomic mass is 9.92. The summed E-state index contributed by atoms with van der Waals surface area (Å²) in [5.74, 6) is -0.226. The fraction of sp³-hybridized carbons (Fsp3) is 0.450. The summed E-state index contributed by atoms with van der Waals surface area (Å²) < 4.78 is 3.57. The molecule has 0 aliphatic heterocycles. The summed E-state index contributed by atoms with van der Waals surface area (Å²) in [6, 6.07) is 10.3. The molecule has 9 nitrogen and oxygen atoms in total. The smallest absolute Gasteiger partial charge is 0.273 e. The number of benzene rings is 1. The number of aryl methyl sites for hydroxylation is 1. The number of nitrogens with two attached hydrogens (primary N) is 1. The van der Waals surface area contributed by atoms with Crippen molar-refractivity contribution >= 4 is 5.91 Å². The predicted octanol–water partition coefficient (Wildman–Crippen LogP) is 1.87. The van der Waals surface area contributed by atoms with Crippen molar-refractivity contribution in [3.63, 3.8) is 0 Å². The van der Waals surface area contributed by atoms with Gasteiger partial charge in [-0.15, -0.1) is 5.10 Å². The summed E-state index contributed by atoms with van der Waals surface area (Å²) in [5.41, 5.74) is 7.35. The molecule has 0 radical (unpaired) electrons. The quantitative estimate of drug-likeness (QED) is 0.632. The Bertz CT molecular complexity index is 900. The van der Waals surface area contributed by atoms with Crippen LogP contribution in [0.15, 0.2) is 49.2 Å². The number of nitrogens with zero attached hydrogens (tertiary/aromatic N) is 6. The molecular formula is C20H26N8O. The zero-order chi connectivity index (χ0) is 20.1. The number of rotatable bonds is 7. The second-order valence-corrected chi connectivity index (χ2v) is 7.54. The molecule has 1 aliphatic carbocycles. The Labute approximate surface area is 169 Å². The van der Waals surface area contributed by atoms with Crippen molar-refractivity contribution in [2.45, 2.75) is 56.8 Å². The van der Waals surface area contributed by atoms with Crippen molar-refractivity contribution in [1.29, 1.82) is 0 Å². The van der Waals surface area contributed by atoms with Crippen molar-refractivity contribution in [2.75, 3.05) is 0 Å². The fourth-order valence-electron chi connectivity index (χ4n) is 3.77. The van der Waals surface area contributed by atoms with E-state index < -0.39 is 0 Å². The minimum atomic E-state index is -0.226. The van der Waals surface area contributed by atoms with Gasteiger partial charge in [0.2, 0.25) is 0 Å². The molecule has 1 atom stereocenters. The van der Waals surface area contributed by atoms with Gasteiger partial charge in [0.15, 0.2) is 5.69 Å². The summed E-state index contributed by atoms with van der Waals surface area (Å²) >= 11 is 0. The van der Waals surface area contributed by atoms with Gasteiger partial charge in [0.05, 0.1) is 18.3 Å². The van der Waals surface area contributed by atoms with Crippen LogP contribution in [0.5, 0.6) is 0 Å². The first-order valence-corrected chi connectivity index (χ1v) is 10.0. The first-order valence-electron chi connectivity index (χ1n) is 10.0. The second-order valence-electron chi connectivity index (χ2n) is 7.54. The van der Waals surface area contributed by atoms with Crippen LogP contribution in [0.25, 0.3) is 0 Å². The van der Waals surface area contributed by atoms with Crippen LogP contribution in [0.2, 0.25) is 0 Å². The average molecular weight is 394 g/mol. The molecule has 2 aromatic heterocycles. The first kappa shape index (κ1) is 19.3. The maximum atomic E-state index is 12.9. The van der Waals surface area contributed by atoms with Gasteiger partial charge >= 0.3 is 0 Å². The molecule has 9 heteroatoms. The van der Waals surface area contributed by atoms with Gasteiger partial charge < -0.3 is 11.1 Å². The Balaban J connectivity index is 1.43. The molecule has 4 rings (SSSR count). The van der Waals surface area contributed by atoms with Gasteiger partial charge in [0.25, 0.3) is 5.91 Å². The van der Waals surface area contributed by atoms with E-state index in [-0.39, 0.29) is 24.0 Å². The number of hydrogen-bond donors (Lipinski definition) is 2. The molecule has 3 aromatic rings. The van der Waals surface area contributed by atoms with Crippen LogP contribution in [-0.2, 0) is 6.54 Å². The monoisotopic (exact) mass is 394 g/mol. The average Bonchev–Trinajstić information content (AvgIpc) is 3.44. The van der Waals surface area contributed by atoms with Gasteiger partial charge in [-0.05, 0) is 37.7 Å². The van der Waals surface area contributed by atoms with Crippen molar-refractivity contribution < 1.29 is 4.79 Å². The number of aromatic nitrogens is 6. The molecule has 1 saturated carbocycles. The zero-order valence-corrected chi connectivity index (χ0v) is 16.3. The molecule has 1 aromatic carbocycles. The van der Waals surface area contributed by atoms with Gasteiger partial charge in [-0.2, -0.15) is 5.10 Å². The van der Waals surface area contributed by atoms with Crippen LogP contribution in [0, 0.1) is 0 Å². The maximum Gasteiger partial charge on any atom is 0.273 e. The van der Waals surface area contributed by atoms with E-state index >= 15 is 0 Å². The van der Waals surface area contributed by atoms with Gasteiger partial charge in [-0.3, -0.25) is 9.48 Å². The number of carbonyl (C=O) groups is 1. The van der Waals surface area contributed by atoms with Crippen molar-refractivity contribution in [1.82, 2.24) is 35.1 Å². The first-order chi connectivity index (χ1) is 14.2. The molecule has 0 saturated heterocycles. The minimum absolute atomic E-state index is 0.161. The number of carbonyl (C=O) groups excluding carboxylic acids is 1. The zero-order valence-electron chi connectivity index (χ0n) is 16.3. The standard InChI is InChI=1S/C20H26N8O/c21-16-6-8-17(9-7-16)28-12-19(25-26-28)20(29)24-18(15-4-2-1-3-5-15)10-11-27-14-22-13-23-27/h1-5,12-14,16-18H,6-11,21H2,(H,24,29). The van der Waals surface area contributed by atoms with Gasteiger partial charge in [0.1, 0.15) is 12.7 Å². The van der Waals surface area contributed by atoms with Crippen LogP contribution in [0.3, 0.4) is 0 Å². The Morgan fingerprint density at radius 3 is 2.72 bits per heavy atom. The van der Waals surface area contributed by atoms with Crippen LogP contribution in [0.4, 0.5) is 0 Å². The number of nitrogens with one attached hydrogen (secondary N) is 1. The molecule has 1 aliphatic rings. The molecule has 1 unspecified atom stereocenters. The van der Waals surface area contributed by atoms with Gasteiger partial charge in [-0.1, -0.05) is 35.5 Å². The highest BCUT2D eigenvalue weighted by molar-refractivity contribution is 5.92. The molecule has 3 N–H and O–H groups in total. The largest absolute Gasteiger partial charge is 0.344 e. The van der Waals surface area contributed by atoms with Crippen LogP contribution < -0.4 is 11.1 Å². The highest BCUT2D eigenvalue weighted by Gasteiger charge is 2.23. The lowest BCUT2D eigenvalue weighted by Gasteiger charge is -2.25. The maximum absolute atomic E-state index is 12.9. The normalized spacial score (nSPS) is 20.3.